The number of hydrazone groups is 1. The van der Waals surface area contributed by atoms with Gasteiger partial charge in [-0.3, -0.25) is 5.01 Å². The third kappa shape index (κ3) is 5.31. The molecule has 1 aromatic carbocycles. The zero-order chi connectivity index (χ0) is 14.9. The van der Waals surface area contributed by atoms with E-state index in [2.05, 4.69) is 50.1 Å². The molecule has 0 fully saturated rings. The van der Waals surface area contributed by atoms with Gasteiger partial charge in [0.15, 0.2) is 12.4 Å². The molecule has 0 bridgehead atoms. The van der Waals surface area contributed by atoms with Crippen LogP contribution in [0, 0.1) is 0 Å². The van der Waals surface area contributed by atoms with E-state index in [0.29, 0.717) is 0 Å². The van der Waals surface area contributed by atoms with Crippen LogP contribution in [0.2, 0.25) is 0 Å². The van der Waals surface area contributed by atoms with Gasteiger partial charge in [-0.05, 0) is 18.6 Å². The standard InChI is InChI=1S/C17H21BrN3/c1-20(17-7-3-2-4-8-17)19-15-16-9-13-21(14-10-16)12-6-5-11-18/h2-4,7-10,13-15H,5-6,11-12H2,1H3/q+1. The van der Waals surface area contributed by atoms with Crippen LogP contribution in [0.3, 0.4) is 0 Å². The number of halogens is 1. The van der Waals surface area contributed by atoms with Gasteiger partial charge in [0, 0.05) is 36.5 Å². The summed E-state index contributed by atoms with van der Waals surface area (Å²) < 4.78 is 2.21. The molecule has 0 radical (unpaired) electrons. The molecule has 0 saturated carbocycles. The van der Waals surface area contributed by atoms with Crippen molar-refractivity contribution in [1.29, 1.82) is 0 Å². The minimum Gasteiger partial charge on any atom is -0.269 e. The van der Waals surface area contributed by atoms with Crippen LogP contribution in [0.4, 0.5) is 5.69 Å². The predicted molar refractivity (Wildman–Crippen MR) is 92.1 cm³/mol. The molecule has 1 heterocycles. The van der Waals surface area contributed by atoms with E-state index in [0.717, 1.165) is 23.1 Å². The molecular weight excluding hydrogens is 326 g/mol. The Balaban J connectivity index is 1.92. The lowest BCUT2D eigenvalue weighted by molar-refractivity contribution is -0.697. The van der Waals surface area contributed by atoms with Crippen molar-refractivity contribution in [3.8, 4) is 0 Å². The number of alkyl halides is 1. The summed E-state index contributed by atoms with van der Waals surface area (Å²) in [5.74, 6) is 0. The van der Waals surface area contributed by atoms with Gasteiger partial charge in [-0.15, -0.1) is 0 Å². The predicted octanol–water partition coefficient (Wildman–Crippen LogP) is 3.62. The molecule has 0 unspecified atom stereocenters. The van der Waals surface area contributed by atoms with Crippen LogP contribution >= 0.6 is 15.9 Å². The van der Waals surface area contributed by atoms with Crippen LogP contribution < -0.4 is 9.58 Å². The van der Waals surface area contributed by atoms with E-state index < -0.39 is 0 Å². The first-order chi connectivity index (χ1) is 10.3. The lowest BCUT2D eigenvalue weighted by Gasteiger charge is -2.11. The van der Waals surface area contributed by atoms with Gasteiger partial charge in [0.1, 0.15) is 6.54 Å². The summed E-state index contributed by atoms with van der Waals surface area (Å²) in [6, 6.07) is 14.3. The highest BCUT2D eigenvalue weighted by molar-refractivity contribution is 9.09. The molecule has 0 spiro atoms. The van der Waals surface area contributed by atoms with Crippen LogP contribution in [-0.4, -0.2) is 18.6 Å². The lowest BCUT2D eigenvalue weighted by atomic mass is 10.3. The van der Waals surface area contributed by atoms with Crippen molar-refractivity contribution in [2.45, 2.75) is 19.4 Å². The second kappa shape index (κ2) is 8.57. The molecule has 21 heavy (non-hydrogen) atoms. The number of para-hydroxylation sites is 1. The Bertz CT molecular complexity index is 552. The Morgan fingerprint density at radius 3 is 2.48 bits per heavy atom. The molecule has 0 N–H and O–H groups in total. The second-order valence-electron chi connectivity index (χ2n) is 4.87. The van der Waals surface area contributed by atoms with Crippen LogP contribution in [0.5, 0.6) is 0 Å². The molecule has 2 aromatic rings. The summed E-state index contributed by atoms with van der Waals surface area (Å²) in [4.78, 5) is 0. The third-order valence-corrected chi connectivity index (χ3v) is 3.79. The number of nitrogens with zero attached hydrogens (tertiary/aromatic N) is 3. The Morgan fingerprint density at radius 2 is 1.81 bits per heavy atom. The molecule has 1 aromatic heterocycles. The van der Waals surface area contributed by atoms with Crippen molar-refractivity contribution in [2.24, 2.45) is 5.10 Å². The number of hydrogen-bond acceptors (Lipinski definition) is 2. The average molecular weight is 347 g/mol. The molecule has 0 amide bonds. The van der Waals surface area contributed by atoms with Crippen molar-refractivity contribution in [2.75, 3.05) is 17.4 Å². The van der Waals surface area contributed by atoms with Gasteiger partial charge in [0.05, 0.1) is 11.9 Å². The van der Waals surface area contributed by atoms with Gasteiger partial charge < -0.3 is 0 Å². The van der Waals surface area contributed by atoms with Gasteiger partial charge in [-0.2, -0.15) is 5.10 Å². The quantitative estimate of drug-likeness (QED) is 0.246. The summed E-state index contributed by atoms with van der Waals surface area (Å²) in [6.07, 6.45) is 8.50. The van der Waals surface area contributed by atoms with E-state index in [4.69, 9.17) is 0 Å². The maximum Gasteiger partial charge on any atom is 0.169 e. The normalized spacial score (nSPS) is 11.0. The third-order valence-electron chi connectivity index (χ3n) is 3.23. The zero-order valence-corrected chi connectivity index (χ0v) is 13.9. The number of rotatable bonds is 7. The number of unbranched alkanes of at least 4 members (excludes halogenated alkanes) is 1. The van der Waals surface area contributed by atoms with Crippen molar-refractivity contribution in [3.63, 3.8) is 0 Å². The lowest BCUT2D eigenvalue weighted by Crippen LogP contribution is -2.32. The minimum absolute atomic E-state index is 1.06. The first-order valence-corrected chi connectivity index (χ1v) is 8.29. The summed E-state index contributed by atoms with van der Waals surface area (Å²) >= 11 is 3.46. The highest BCUT2D eigenvalue weighted by Crippen LogP contribution is 2.10. The van der Waals surface area contributed by atoms with E-state index in [1.807, 2.05) is 48.6 Å². The fourth-order valence-electron chi connectivity index (χ4n) is 1.96. The highest BCUT2D eigenvalue weighted by atomic mass is 79.9. The SMILES string of the molecule is CN(/N=C/c1cc[n+](CCCCBr)cc1)c1ccccc1. The first-order valence-electron chi connectivity index (χ1n) is 7.17. The molecule has 0 atom stereocenters. The van der Waals surface area contributed by atoms with Gasteiger partial charge in [-0.25, -0.2) is 4.57 Å². The number of aryl methyl sites for hydroxylation is 1. The second-order valence-corrected chi connectivity index (χ2v) is 5.66. The number of aromatic nitrogens is 1. The summed E-state index contributed by atoms with van der Waals surface area (Å²) in [5.41, 5.74) is 2.18. The molecule has 3 nitrogen and oxygen atoms in total. The number of hydrogen-bond donors (Lipinski definition) is 0. The molecular formula is C17H21BrN3+. The minimum atomic E-state index is 1.06. The van der Waals surface area contributed by atoms with Gasteiger partial charge in [0.25, 0.3) is 0 Å². The van der Waals surface area contributed by atoms with Crippen LogP contribution in [-0.2, 0) is 6.54 Å². The monoisotopic (exact) mass is 346 g/mol. The van der Waals surface area contributed by atoms with Gasteiger partial charge >= 0.3 is 0 Å². The number of pyridine rings is 1. The van der Waals surface area contributed by atoms with Crippen molar-refractivity contribution < 1.29 is 4.57 Å². The highest BCUT2D eigenvalue weighted by Gasteiger charge is 2.00. The number of anilines is 1. The summed E-state index contributed by atoms with van der Waals surface area (Å²) in [6.45, 7) is 1.06. The summed E-state index contributed by atoms with van der Waals surface area (Å²) in [7, 11) is 1.95. The first kappa shape index (κ1) is 15.7. The van der Waals surface area contributed by atoms with E-state index in [1.54, 1.807) is 0 Å². The molecule has 0 aliphatic rings. The fraction of sp³-hybridized carbons (Fsp3) is 0.294. The molecule has 0 aliphatic heterocycles. The zero-order valence-electron chi connectivity index (χ0n) is 12.3. The largest absolute Gasteiger partial charge is 0.269 e. The van der Waals surface area contributed by atoms with Crippen LogP contribution in [0.1, 0.15) is 18.4 Å². The molecule has 110 valence electrons. The Labute approximate surface area is 135 Å². The molecule has 2 rings (SSSR count). The number of benzene rings is 1. The van der Waals surface area contributed by atoms with Gasteiger partial charge in [0.2, 0.25) is 0 Å². The Morgan fingerprint density at radius 1 is 1.10 bits per heavy atom. The van der Waals surface area contributed by atoms with Crippen LogP contribution in [0.25, 0.3) is 0 Å². The van der Waals surface area contributed by atoms with E-state index in [9.17, 15) is 0 Å². The molecule has 0 aliphatic carbocycles. The fourth-order valence-corrected chi connectivity index (χ4v) is 2.35. The maximum atomic E-state index is 4.46. The van der Waals surface area contributed by atoms with E-state index >= 15 is 0 Å². The average Bonchev–Trinajstić information content (AvgIpc) is 2.55. The van der Waals surface area contributed by atoms with Crippen molar-refractivity contribution in [3.05, 3.63) is 60.4 Å². The topological polar surface area (TPSA) is 19.5 Å². The summed E-state index contributed by atoms with van der Waals surface area (Å²) in [5, 5.41) is 7.41. The molecule has 4 heteroatoms. The van der Waals surface area contributed by atoms with Crippen molar-refractivity contribution >= 4 is 27.8 Å². The molecule has 0 saturated heterocycles. The van der Waals surface area contributed by atoms with Gasteiger partial charge in [-0.1, -0.05) is 34.1 Å². The van der Waals surface area contributed by atoms with E-state index in [1.165, 1.54) is 12.8 Å². The Kier molecular flexibility index (Phi) is 6.41. The Hall–Kier alpha value is -1.68. The smallest absolute Gasteiger partial charge is 0.169 e. The maximum absolute atomic E-state index is 4.46. The van der Waals surface area contributed by atoms with Crippen LogP contribution in [0.15, 0.2) is 60.0 Å². The van der Waals surface area contributed by atoms with E-state index in [-0.39, 0.29) is 0 Å². The van der Waals surface area contributed by atoms with Crippen molar-refractivity contribution in [1.82, 2.24) is 0 Å².